The first-order valence-corrected chi connectivity index (χ1v) is 10.9. The third kappa shape index (κ3) is 5.02. The van der Waals surface area contributed by atoms with Crippen LogP contribution in [0.4, 0.5) is 13.2 Å². The van der Waals surface area contributed by atoms with Crippen molar-refractivity contribution in [2.75, 3.05) is 5.75 Å². The molecule has 0 bridgehead atoms. The van der Waals surface area contributed by atoms with E-state index in [9.17, 15) is 13.2 Å². The lowest BCUT2D eigenvalue weighted by Crippen LogP contribution is -2.14. The van der Waals surface area contributed by atoms with Crippen LogP contribution in [0.3, 0.4) is 0 Å². The number of thioether (sulfide) groups is 1. The molecule has 4 rings (SSSR count). The second kappa shape index (κ2) is 9.79. The standard InChI is InChI=1S/C24H17F3N4OS/c25-24(26,27)19-11-5-6-12-20(19)31-22(29-30-23(31)33-15-14-28)16-32-21-13-7-4-10-18(21)17-8-2-1-3-9-17/h1-13H,15-16H2. The lowest BCUT2D eigenvalue weighted by Gasteiger charge is -2.17. The van der Waals surface area contributed by atoms with Crippen molar-refractivity contribution in [3.63, 3.8) is 0 Å². The number of alkyl halides is 3. The van der Waals surface area contributed by atoms with Gasteiger partial charge in [-0.15, -0.1) is 10.2 Å². The minimum atomic E-state index is -4.57. The lowest BCUT2D eigenvalue weighted by molar-refractivity contribution is -0.137. The summed E-state index contributed by atoms with van der Waals surface area (Å²) >= 11 is 1.01. The van der Waals surface area contributed by atoms with Crippen molar-refractivity contribution in [2.24, 2.45) is 0 Å². The topological polar surface area (TPSA) is 63.7 Å². The number of halogens is 3. The molecule has 0 saturated carbocycles. The molecule has 0 aliphatic carbocycles. The molecule has 0 fully saturated rings. The first-order valence-electron chi connectivity index (χ1n) is 9.87. The van der Waals surface area contributed by atoms with Crippen LogP contribution in [-0.4, -0.2) is 20.5 Å². The fourth-order valence-corrected chi connectivity index (χ4v) is 3.95. The first kappa shape index (κ1) is 22.4. The van der Waals surface area contributed by atoms with Crippen LogP contribution in [0.25, 0.3) is 16.8 Å². The minimum Gasteiger partial charge on any atom is -0.485 e. The summed E-state index contributed by atoms with van der Waals surface area (Å²) in [5.74, 6) is 0.771. The van der Waals surface area contributed by atoms with Crippen molar-refractivity contribution in [1.82, 2.24) is 14.8 Å². The van der Waals surface area contributed by atoms with E-state index in [4.69, 9.17) is 10.00 Å². The molecule has 0 unspecified atom stereocenters. The molecule has 0 amide bonds. The summed E-state index contributed by atoms with van der Waals surface area (Å²) < 4.78 is 48.4. The van der Waals surface area contributed by atoms with Gasteiger partial charge in [0, 0.05) is 5.56 Å². The maximum atomic E-state index is 13.7. The second-order valence-electron chi connectivity index (χ2n) is 6.85. The number of hydrogen-bond acceptors (Lipinski definition) is 5. The van der Waals surface area contributed by atoms with Crippen molar-refractivity contribution in [3.8, 4) is 28.6 Å². The van der Waals surface area contributed by atoms with Crippen molar-refractivity contribution >= 4 is 11.8 Å². The SMILES string of the molecule is N#CCSc1nnc(COc2ccccc2-c2ccccc2)n1-c1ccccc1C(F)(F)F. The number of aromatic nitrogens is 3. The van der Waals surface area contributed by atoms with Crippen LogP contribution in [0, 0.1) is 11.3 Å². The van der Waals surface area contributed by atoms with E-state index in [1.165, 1.54) is 22.8 Å². The fraction of sp³-hybridized carbons (Fsp3) is 0.125. The van der Waals surface area contributed by atoms with E-state index in [0.717, 1.165) is 29.0 Å². The Morgan fingerprint density at radius 1 is 0.909 bits per heavy atom. The van der Waals surface area contributed by atoms with Gasteiger partial charge in [0.1, 0.15) is 12.4 Å². The molecule has 0 N–H and O–H groups in total. The second-order valence-corrected chi connectivity index (χ2v) is 7.79. The summed E-state index contributed by atoms with van der Waals surface area (Å²) in [7, 11) is 0. The summed E-state index contributed by atoms with van der Waals surface area (Å²) in [5.41, 5.74) is 0.848. The van der Waals surface area contributed by atoms with Crippen LogP contribution in [0.5, 0.6) is 5.75 Å². The fourth-order valence-electron chi connectivity index (χ4n) is 3.33. The zero-order chi connectivity index (χ0) is 23.3. The van der Waals surface area contributed by atoms with E-state index in [-0.39, 0.29) is 29.0 Å². The Hall–Kier alpha value is -3.77. The molecule has 4 aromatic rings. The van der Waals surface area contributed by atoms with Gasteiger partial charge in [0.2, 0.25) is 0 Å². The number of hydrogen-bond donors (Lipinski definition) is 0. The van der Waals surface area contributed by atoms with E-state index in [1.807, 2.05) is 54.6 Å². The predicted octanol–water partition coefficient (Wildman–Crippen LogP) is 6.15. The van der Waals surface area contributed by atoms with E-state index >= 15 is 0 Å². The molecule has 0 aliphatic heterocycles. The van der Waals surface area contributed by atoms with Gasteiger partial charge in [0.25, 0.3) is 0 Å². The average Bonchev–Trinajstić information content (AvgIpc) is 3.24. The van der Waals surface area contributed by atoms with E-state index in [2.05, 4.69) is 10.2 Å². The molecule has 0 radical (unpaired) electrons. The van der Waals surface area contributed by atoms with Gasteiger partial charge in [-0.3, -0.25) is 4.57 Å². The molecule has 33 heavy (non-hydrogen) atoms. The highest BCUT2D eigenvalue weighted by molar-refractivity contribution is 7.99. The summed E-state index contributed by atoms with van der Waals surface area (Å²) in [5, 5.41) is 17.2. The zero-order valence-corrected chi connectivity index (χ0v) is 18.0. The van der Waals surface area contributed by atoms with E-state index in [0.29, 0.717) is 5.75 Å². The zero-order valence-electron chi connectivity index (χ0n) is 17.2. The Morgan fingerprint density at radius 2 is 1.61 bits per heavy atom. The Labute approximate surface area is 192 Å². The molecule has 0 saturated heterocycles. The molecule has 5 nitrogen and oxygen atoms in total. The minimum absolute atomic E-state index is 0.0179. The van der Waals surface area contributed by atoms with E-state index < -0.39 is 11.7 Å². The Balaban J connectivity index is 1.72. The molecule has 9 heteroatoms. The molecule has 1 aromatic heterocycles. The summed E-state index contributed by atoms with van der Waals surface area (Å²) in [6, 6.07) is 24.2. The predicted molar refractivity (Wildman–Crippen MR) is 119 cm³/mol. The highest BCUT2D eigenvalue weighted by atomic mass is 32.2. The van der Waals surface area contributed by atoms with Crippen LogP contribution in [0.1, 0.15) is 11.4 Å². The summed E-state index contributed by atoms with van der Waals surface area (Å²) in [6.45, 7) is -0.115. The number of nitrogens with zero attached hydrogens (tertiary/aromatic N) is 4. The van der Waals surface area contributed by atoms with Gasteiger partial charge in [-0.25, -0.2) is 0 Å². The Morgan fingerprint density at radius 3 is 2.36 bits per heavy atom. The number of ether oxygens (including phenoxy) is 1. The third-order valence-corrected chi connectivity index (χ3v) is 5.54. The van der Waals surface area contributed by atoms with E-state index in [1.54, 1.807) is 6.07 Å². The maximum absolute atomic E-state index is 13.7. The van der Waals surface area contributed by atoms with Gasteiger partial charge in [0.15, 0.2) is 11.0 Å². The molecule has 166 valence electrons. The average molecular weight is 466 g/mol. The molecule has 1 heterocycles. The number of rotatable bonds is 7. The van der Waals surface area contributed by atoms with Crippen LogP contribution in [0.2, 0.25) is 0 Å². The number of para-hydroxylation sites is 2. The molecular formula is C24H17F3N4OS. The van der Waals surface area contributed by atoms with Crippen molar-refractivity contribution in [1.29, 1.82) is 5.26 Å². The monoisotopic (exact) mass is 466 g/mol. The third-order valence-electron chi connectivity index (χ3n) is 4.75. The maximum Gasteiger partial charge on any atom is 0.418 e. The smallest absolute Gasteiger partial charge is 0.418 e. The largest absolute Gasteiger partial charge is 0.485 e. The van der Waals surface area contributed by atoms with Crippen molar-refractivity contribution < 1.29 is 17.9 Å². The first-order chi connectivity index (χ1) is 16.0. The molecule has 0 spiro atoms. The Kier molecular flexibility index (Phi) is 6.66. The van der Waals surface area contributed by atoms with Gasteiger partial charge < -0.3 is 4.74 Å². The lowest BCUT2D eigenvalue weighted by atomic mass is 10.1. The number of benzene rings is 3. The summed E-state index contributed by atoms with van der Waals surface area (Å²) in [6.07, 6.45) is -4.57. The molecule has 0 atom stereocenters. The Bertz CT molecular complexity index is 1280. The highest BCUT2D eigenvalue weighted by Crippen LogP contribution is 2.36. The van der Waals surface area contributed by atoms with Crippen LogP contribution < -0.4 is 4.74 Å². The van der Waals surface area contributed by atoms with Gasteiger partial charge in [-0.1, -0.05) is 72.4 Å². The highest BCUT2D eigenvalue weighted by Gasteiger charge is 2.35. The van der Waals surface area contributed by atoms with Crippen LogP contribution >= 0.6 is 11.8 Å². The van der Waals surface area contributed by atoms with Crippen molar-refractivity contribution in [3.05, 3.63) is 90.3 Å². The van der Waals surface area contributed by atoms with Crippen LogP contribution in [0.15, 0.2) is 84.0 Å². The normalized spacial score (nSPS) is 11.2. The van der Waals surface area contributed by atoms with Gasteiger partial charge in [-0.2, -0.15) is 18.4 Å². The molecular weight excluding hydrogens is 449 g/mol. The molecule has 3 aromatic carbocycles. The van der Waals surface area contributed by atoms with Gasteiger partial charge >= 0.3 is 6.18 Å². The number of nitriles is 1. The van der Waals surface area contributed by atoms with Gasteiger partial charge in [-0.05, 0) is 23.8 Å². The van der Waals surface area contributed by atoms with Gasteiger partial charge in [0.05, 0.1) is 23.1 Å². The quantitative estimate of drug-likeness (QED) is 0.306. The van der Waals surface area contributed by atoms with Crippen molar-refractivity contribution in [2.45, 2.75) is 17.9 Å². The van der Waals surface area contributed by atoms with Crippen LogP contribution in [-0.2, 0) is 12.8 Å². The summed E-state index contributed by atoms with van der Waals surface area (Å²) in [4.78, 5) is 0. The molecule has 0 aliphatic rings.